The van der Waals surface area contributed by atoms with E-state index >= 15 is 0 Å². The van der Waals surface area contributed by atoms with Gasteiger partial charge in [0.05, 0.1) is 5.60 Å². The maximum absolute atomic E-state index is 10.7. The first kappa shape index (κ1) is 11.1. The molecular weight excluding hydrogens is 202 g/mol. The molecule has 0 spiro atoms. The van der Waals surface area contributed by atoms with Crippen LogP contribution in [0, 0.1) is 0 Å². The summed E-state index contributed by atoms with van der Waals surface area (Å²) in [5, 5.41) is 10.0. The molecule has 1 unspecified atom stereocenters. The van der Waals surface area contributed by atoms with Crippen molar-refractivity contribution in [2.24, 2.45) is 0 Å². The van der Waals surface area contributed by atoms with Gasteiger partial charge in [-0.3, -0.25) is 4.79 Å². The molecule has 0 radical (unpaired) electrons. The number of nitrogens with zero attached hydrogens (tertiary/aromatic N) is 1. The fourth-order valence-corrected chi connectivity index (χ4v) is 2.24. The van der Waals surface area contributed by atoms with Crippen LogP contribution in [0.25, 0.3) is 0 Å². The number of carbonyl (C=O) groups excluding carboxylic acids is 1. The summed E-state index contributed by atoms with van der Waals surface area (Å²) in [4.78, 5) is 12.8. The number of hydrogen-bond donors (Lipinski definition) is 1. The van der Waals surface area contributed by atoms with Gasteiger partial charge in [0.15, 0.2) is 0 Å². The van der Waals surface area contributed by atoms with E-state index < -0.39 is 5.60 Å². The van der Waals surface area contributed by atoms with Gasteiger partial charge in [-0.15, -0.1) is 0 Å². The van der Waals surface area contributed by atoms with E-state index in [4.69, 9.17) is 0 Å². The Hall–Kier alpha value is -1.35. The van der Waals surface area contributed by atoms with Crippen molar-refractivity contribution >= 4 is 12.0 Å². The number of piperidine rings is 1. The molecule has 3 nitrogen and oxygen atoms in total. The van der Waals surface area contributed by atoms with Gasteiger partial charge in [-0.1, -0.05) is 12.1 Å². The zero-order chi connectivity index (χ0) is 11.6. The normalized spacial score (nSPS) is 25.5. The fourth-order valence-electron chi connectivity index (χ4n) is 2.24. The number of carbonyl (C=O) groups is 1. The molecule has 3 heteroatoms. The average Bonchev–Trinajstić information content (AvgIpc) is 2.28. The molecule has 0 amide bonds. The number of aldehydes is 1. The van der Waals surface area contributed by atoms with Crippen molar-refractivity contribution in [1.82, 2.24) is 0 Å². The zero-order valence-corrected chi connectivity index (χ0v) is 9.52. The molecule has 1 N–H and O–H groups in total. The van der Waals surface area contributed by atoms with Gasteiger partial charge >= 0.3 is 0 Å². The third-order valence-electron chi connectivity index (χ3n) is 3.05. The van der Waals surface area contributed by atoms with Gasteiger partial charge in [-0.25, -0.2) is 0 Å². The Morgan fingerprint density at radius 1 is 1.50 bits per heavy atom. The molecule has 1 fully saturated rings. The van der Waals surface area contributed by atoms with E-state index in [1.807, 2.05) is 25.1 Å². The lowest BCUT2D eigenvalue weighted by atomic mass is 9.94. The summed E-state index contributed by atoms with van der Waals surface area (Å²) in [6, 6.07) is 7.52. The highest BCUT2D eigenvalue weighted by Gasteiger charge is 2.28. The van der Waals surface area contributed by atoms with Crippen LogP contribution in [-0.2, 0) is 0 Å². The maximum Gasteiger partial charge on any atom is 0.150 e. The molecule has 1 aliphatic heterocycles. The predicted molar refractivity (Wildman–Crippen MR) is 63.9 cm³/mol. The molecule has 1 aromatic carbocycles. The van der Waals surface area contributed by atoms with Crippen LogP contribution in [0.15, 0.2) is 24.3 Å². The second-order valence-corrected chi connectivity index (χ2v) is 4.73. The molecule has 1 heterocycles. The first-order valence-electron chi connectivity index (χ1n) is 5.63. The summed E-state index contributed by atoms with van der Waals surface area (Å²) in [5.74, 6) is 0. The minimum Gasteiger partial charge on any atom is -0.388 e. The third kappa shape index (κ3) is 2.42. The highest BCUT2D eigenvalue weighted by atomic mass is 16.3. The lowest BCUT2D eigenvalue weighted by Gasteiger charge is -2.38. The van der Waals surface area contributed by atoms with E-state index in [2.05, 4.69) is 4.90 Å². The maximum atomic E-state index is 10.7. The summed E-state index contributed by atoms with van der Waals surface area (Å²) < 4.78 is 0. The van der Waals surface area contributed by atoms with Crippen molar-refractivity contribution in [3.8, 4) is 0 Å². The van der Waals surface area contributed by atoms with Crippen LogP contribution in [0.1, 0.15) is 30.1 Å². The Labute approximate surface area is 95.7 Å². The Balaban J connectivity index is 2.20. The van der Waals surface area contributed by atoms with Crippen molar-refractivity contribution < 1.29 is 9.90 Å². The molecule has 0 aromatic heterocycles. The van der Waals surface area contributed by atoms with Gasteiger partial charge in [-0.2, -0.15) is 0 Å². The van der Waals surface area contributed by atoms with Crippen molar-refractivity contribution in [2.45, 2.75) is 25.4 Å². The Morgan fingerprint density at radius 2 is 2.31 bits per heavy atom. The topological polar surface area (TPSA) is 40.5 Å². The molecule has 86 valence electrons. The lowest BCUT2D eigenvalue weighted by molar-refractivity contribution is 0.0449. The molecular formula is C13H17NO2. The first-order chi connectivity index (χ1) is 7.61. The average molecular weight is 219 g/mol. The van der Waals surface area contributed by atoms with Gasteiger partial charge < -0.3 is 10.0 Å². The second-order valence-electron chi connectivity index (χ2n) is 4.73. The van der Waals surface area contributed by atoms with Crippen LogP contribution < -0.4 is 4.90 Å². The van der Waals surface area contributed by atoms with Crippen LogP contribution in [0.4, 0.5) is 5.69 Å². The molecule has 1 saturated heterocycles. The second kappa shape index (κ2) is 4.26. The highest BCUT2D eigenvalue weighted by molar-refractivity contribution is 5.77. The number of aliphatic hydroxyl groups is 1. The number of rotatable bonds is 2. The van der Waals surface area contributed by atoms with Crippen molar-refractivity contribution in [3.05, 3.63) is 29.8 Å². The highest BCUT2D eigenvalue weighted by Crippen LogP contribution is 2.25. The quantitative estimate of drug-likeness (QED) is 0.772. The van der Waals surface area contributed by atoms with Gasteiger partial charge in [0.1, 0.15) is 6.29 Å². The van der Waals surface area contributed by atoms with Gasteiger partial charge in [0.25, 0.3) is 0 Å². The number of hydrogen-bond acceptors (Lipinski definition) is 3. The smallest absolute Gasteiger partial charge is 0.150 e. The summed E-state index contributed by atoms with van der Waals surface area (Å²) >= 11 is 0. The van der Waals surface area contributed by atoms with Crippen molar-refractivity contribution in [3.63, 3.8) is 0 Å². The summed E-state index contributed by atoms with van der Waals surface area (Å²) in [5.41, 5.74) is 1.09. The molecule has 1 aliphatic rings. The Bertz CT molecular complexity index is 387. The Kier molecular flexibility index (Phi) is 2.97. The minimum atomic E-state index is -0.616. The van der Waals surface area contributed by atoms with Crippen LogP contribution >= 0.6 is 0 Å². The lowest BCUT2D eigenvalue weighted by Crippen LogP contribution is -2.46. The van der Waals surface area contributed by atoms with Gasteiger partial charge in [0.2, 0.25) is 0 Å². The van der Waals surface area contributed by atoms with Crippen molar-refractivity contribution in [1.29, 1.82) is 0 Å². The molecule has 0 bridgehead atoms. The molecule has 2 rings (SSSR count). The predicted octanol–water partition coefficient (Wildman–Crippen LogP) is 1.85. The van der Waals surface area contributed by atoms with Crippen LogP contribution in [0.5, 0.6) is 0 Å². The van der Waals surface area contributed by atoms with E-state index in [1.54, 1.807) is 6.07 Å². The van der Waals surface area contributed by atoms with Crippen LogP contribution in [-0.4, -0.2) is 30.1 Å². The monoisotopic (exact) mass is 219 g/mol. The van der Waals surface area contributed by atoms with E-state index in [9.17, 15) is 9.90 Å². The largest absolute Gasteiger partial charge is 0.388 e. The molecule has 0 aliphatic carbocycles. The van der Waals surface area contributed by atoms with Crippen molar-refractivity contribution in [2.75, 3.05) is 18.0 Å². The standard InChI is InChI=1S/C13H17NO2/c1-13(16)6-3-7-14(10-13)12-5-2-4-11(8-12)9-15/h2,4-5,8-9,16H,3,6-7,10H2,1H3. The van der Waals surface area contributed by atoms with Gasteiger partial charge in [0, 0.05) is 24.3 Å². The van der Waals surface area contributed by atoms with Gasteiger partial charge in [-0.05, 0) is 31.9 Å². The van der Waals surface area contributed by atoms with E-state index in [1.165, 1.54) is 0 Å². The van der Waals surface area contributed by atoms with Crippen LogP contribution in [0.3, 0.4) is 0 Å². The first-order valence-corrected chi connectivity index (χ1v) is 5.63. The SMILES string of the molecule is CC1(O)CCCN(c2cccc(C=O)c2)C1. The molecule has 1 aromatic rings. The summed E-state index contributed by atoms with van der Waals surface area (Å²) in [6.07, 6.45) is 2.68. The molecule has 1 atom stereocenters. The molecule has 16 heavy (non-hydrogen) atoms. The summed E-state index contributed by atoms with van der Waals surface area (Å²) in [7, 11) is 0. The number of anilines is 1. The number of benzene rings is 1. The summed E-state index contributed by atoms with van der Waals surface area (Å²) in [6.45, 7) is 3.44. The Morgan fingerprint density at radius 3 is 3.00 bits per heavy atom. The minimum absolute atomic E-state index is 0.616. The van der Waals surface area contributed by atoms with E-state index in [0.717, 1.165) is 31.4 Å². The fraction of sp³-hybridized carbons (Fsp3) is 0.462. The number of β-amino-alcohol motifs (C(OH)–C–C–N with tert-alkyl or cyclic N) is 1. The zero-order valence-electron chi connectivity index (χ0n) is 9.52. The van der Waals surface area contributed by atoms with Crippen LogP contribution in [0.2, 0.25) is 0 Å². The van der Waals surface area contributed by atoms with E-state index in [-0.39, 0.29) is 0 Å². The third-order valence-corrected chi connectivity index (χ3v) is 3.05. The molecule has 0 saturated carbocycles. The van der Waals surface area contributed by atoms with E-state index in [0.29, 0.717) is 12.1 Å².